The van der Waals surface area contributed by atoms with Gasteiger partial charge in [-0.05, 0) is 49.2 Å². The van der Waals surface area contributed by atoms with E-state index in [1.807, 2.05) is 26.0 Å². The number of halogens is 1. The van der Waals surface area contributed by atoms with Crippen LogP contribution in [0.25, 0.3) is 0 Å². The monoisotopic (exact) mass is 405 g/mol. The van der Waals surface area contributed by atoms with Crippen molar-refractivity contribution in [2.75, 3.05) is 24.7 Å². The fraction of sp³-hybridized carbons (Fsp3) is 0.300. The molecule has 150 valence electrons. The number of benzene rings is 2. The third-order valence-corrected chi connectivity index (χ3v) is 4.34. The van der Waals surface area contributed by atoms with Crippen LogP contribution in [0.2, 0.25) is 5.02 Å². The van der Waals surface area contributed by atoms with E-state index in [4.69, 9.17) is 21.5 Å². The van der Waals surface area contributed by atoms with Gasteiger partial charge in [0.15, 0.2) is 0 Å². The zero-order chi connectivity index (χ0) is 20.5. The summed E-state index contributed by atoms with van der Waals surface area (Å²) in [6.45, 7) is 5.45. The molecule has 2 rings (SSSR count). The van der Waals surface area contributed by atoms with Crippen LogP contribution in [0.4, 0.5) is 10.5 Å². The summed E-state index contributed by atoms with van der Waals surface area (Å²) in [6, 6.07) is 11.8. The number of anilines is 1. The van der Waals surface area contributed by atoms with Crippen molar-refractivity contribution in [3.05, 3.63) is 64.2 Å². The van der Waals surface area contributed by atoms with Gasteiger partial charge in [-0.2, -0.15) is 0 Å². The van der Waals surface area contributed by atoms with Gasteiger partial charge in [0.05, 0.1) is 23.9 Å². The summed E-state index contributed by atoms with van der Waals surface area (Å²) in [5, 5.41) is 12.0. The van der Waals surface area contributed by atoms with Gasteiger partial charge in [-0.1, -0.05) is 29.8 Å². The second-order valence-electron chi connectivity index (χ2n) is 6.11. The number of hydrogen-bond donors (Lipinski definition) is 3. The van der Waals surface area contributed by atoms with Crippen LogP contribution in [0.3, 0.4) is 0 Å². The zero-order valence-corrected chi connectivity index (χ0v) is 16.6. The van der Waals surface area contributed by atoms with E-state index in [2.05, 4.69) is 5.32 Å². The number of carbonyl (C=O) groups excluding carboxylic acids is 2. The number of rotatable bonds is 8. The van der Waals surface area contributed by atoms with Gasteiger partial charge < -0.3 is 10.1 Å². The van der Waals surface area contributed by atoms with Crippen molar-refractivity contribution in [2.45, 2.75) is 20.4 Å². The van der Waals surface area contributed by atoms with Gasteiger partial charge in [0.2, 0.25) is 0 Å². The summed E-state index contributed by atoms with van der Waals surface area (Å²) in [5.41, 5.74) is 4.26. The van der Waals surface area contributed by atoms with Gasteiger partial charge in [0.25, 0.3) is 5.91 Å². The maximum atomic E-state index is 12.8. The number of nitrogens with one attached hydrogen (secondary N) is 2. The lowest BCUT2D eigenvalue weighted by atomic mass is 10.1. The van der Waals surface area contributed by atoms with Crippen LogP contribution < -0.4 is 15.7 Å². The second kappa shape index (κ2) is 10.7. The number of amides is 3. The molecule has 0 aromatic heterocycles. The van der Waals surface area contributed by atoms with Gasteiger partial charge in [-0.15, -0.1) is 0 Å². The van der Waals surface area contributed by atoms with Crippen LogP contribution in [-0.4, -0.2) is 36.9 Å². The standard InChI is InChI=1S/C20H24ClN3O4/c1-3-28-11-10-22-20(26)24(18-12-14(2)4-9-17(18)21)13-15-5-7-16(8-6-15)19(25)23-27/h4-9,12,27H,3,10-11,13H2,1-2H3,(H,22,26)(H,23,25). The summed E-state index contributed by atoms with van der Waals surface area (Å²) < 4.78 is 5.26. The fourth-order valence-corrected chi connectivity index (χ4v) is 2.79. The predicted octanol–water partition coefficient (Wildman–Crippen LogP) is 3.52. The van der Waals surface area contributed by atoms with Crippen LogP contribution >= 0.6 is 11.6 Å². The number of hydroxylamine groups is 1. The van der Waals surface area contributed by atoms with Crippen molar-refractivity contribution in [1.29, 1.82) is 0 Å². The highest BCUT2D eigenvalue weighted by atomic mass is 35.5. The van der Waals surface area contributed by atoms with Crippen molar-refractivity contribution in [3.8, 4) is 0 Å². The minimum absolute atomic E-state index is 0.255. The Morgan fingerprint density at radius 2 is 1.89 bits per heavy atom. The maximum Gasteiger partial charge on any atom is 0.322 e. The molecule has 0 spiro atoms. The minimum atomic E-state index is -0.598. The normalized spacial score (nSPS) is 10.4. The first-order valence-electron chi connectivity index (χ1n) is 8.89. The first kappa shape index (κ1) is 21.7. The Kier molecular flexibility index (Phi) is 8.25. The number of aryl methyl sites for hydroxylation is 1. The third-order valence-electron chi connectivity index (χ3n) is 4.02. The third kappa shape index (κ3) is 5.95. The average Bonchev–Trinajstić information content (AvgIpc) is 2.71. The van der Waals surface area contributed by atoms with Crippen molar-refractivity contribution in [2.24, 2.45) is 0 Å². The number of carbonyl (C=O) groups is 2. The van der Waals surface area contributed by atoms with Crippen LogP contribution in [0.15, 0.2) is 42.5 Å². The number of nitrogens with zero attached hydrogens (tertiary/aromatic N) is 1. The Balaban J connectivity index is 2.23. The Morgan fingerprint density at radius 3 is 2.54 bits per heavy atom. The van der Waals surface area contributed by atoms with E-state index in [-0.39, 0.29) is 12.6 Å². The molecule has 0 aliphatic carbocycles. The Morgan fingerprint density at radius 1 is 1.18 bits per heavy atom. The second-order valence-corrected chi connectivity index (χ2v) is 6.51. The lowest BCUT2D eigenvalue weighted by Crippen LogP contribution is -2.41. The van der Waals surface area contributed by atoms with Crippen LogP contribution in [0.1, 0.15) is 28.4 Å². The molecule has 0 unspecified atom stereocenters. The van der Waals surface area contributed by atoms with Gasteiger partial charge in [-0.3, -0.25) is 14.9 Å². The zero-order valence-electron chi connectivity index (χ0n) is 15.9. The molecule has 7 nitrogen and oxygen atoms in total. The fourth-order valence-electron chi connectivity index (χ4n) is 2.57. The van der Waals surface area contributed by atoms with Gasteiger partial charge in [0.1, 0.15) is 0 Å². The Labute approximate surface area is 169 Å². The summed E-state index contributed by atoms with van der Waals surface area (Å²) in [4.78, 5) is 25.8. The van der Waals surface area contributed by atoms with Gasteiger partial charge in [-0.25, -0.2) is 10.3 Å². The molecule has 0 saturated heterocycles. The van der Waals surface area contributed by atoms with Crippen LogP contribution in [0.5, 0.6) is 0 Å². The molecule has 28 heavy (non-hydrogen) atoms. The first-order chi connectivity index (χ1) is 13.5. The molecule has 0 aliphatic rings. The summed E-state index contributed by atoms with van der Waals surface area (Å²) in [6.07, 6.45) is 0. The van der Waals surface area contributed by atoms with E-state index in [0.717, 1.165) is 11.1 Å². The van der Waals surface area contributed by atoms with E-state index >= 15 is 0 Å². The van der Waals surface area contributed by atoms with Gasteiger partial charge in [0, 0.05) is 18.7 Å². The molecular formula is C20H24ClN3O4. The topological polar surface area (TPSA) is 90.9 Å². The van der Waals surface area contributed by atoms with Crippen molar-refractivity contribution < 1.29 is 19.5 Å². The lowest BCUT2D eigenvalue weighted by molar-refractivity contribution is 0.0706. The predicted molar refractivity (Wildman–Crippen MR) is 108 cm³/mol. The van der Waals surface area contributed by atoms with Crippen molar-refractivity contribution in [1.82, 2.24) is 10.8 Å². The smallest absolute Gasteiger partial charge is 0.322 e. The highest BCUT2D eigenvalue weighted by Gasteiger charge is 2.19. The molecule has 3 amide bonds. The van der Waals surface area contributed by atoms with Crippen molar-refractivity contribution in [3.63, 3.8) is 0 Å². The van der Waals surface area contributed by atoms with E-state index in [1.54, 1.807) is 40.7 Å². The Hall–Kier alpha value is -2.61. The summed E-state index contributed by atoms with van der Waals surface area (Å²) in [5.74, 6) is -0.598. The Bertz CT molecular complexity index is 812. The number of hydrogen-bond acceptors (Lipinski definition) is 4. The van der Waals surface area contributed by atoms with E-state index in [1.165, 1.54) is 0 Å². The summed E-state index contributed by atoms with van der Waals surface area (Å²) >= 11 is 6.34. The molecule has 0 bridgehead atoms. The molecule has 8 heteroatoms. The van der Waals surface area contributed by atoms with Crippen LogP contribution in [0, 0.1) is 6.92 Å². The molecular weight excluding hydrogens is 382 g/mol. The number of urea groups is 1. The maximum absolute atomic E-state index is 12.8. The molecule has 0 heterocycles. The minimum Gasteiger partial charge on any atom is -0.380 e. The quantitative estimate of drug-likeness (QED) is 0.356. The number of ether oxygens (including phenoxy) is 1. The van der Waals surface area contributed by atoms with Crippen molar-refractivity contribution >= 4 is 29.2 Å². The molecule has 0 aliphatic heterocycles. The molecule has 0 atom stereocenters. The molecule has 3 N–H and O–H groups in total. The molecule has 2 aromatic carbocycles. The van der Waals surface area contributed by atoms with E-state index < -0.39 is 5.91 Å². The largest absolute Gasteiger partial charge is 0.380 e. The van der Waals surface area contributed by atoms with E-state index in [0.29, 0.717) is 36.0 Å². The van der Waals surface area contributed by atoms with E-state index in [9.17, 15) is 9.59 Å². The average molecular weight is 406 g/mol. The molecule has 2 aromatic rings. The summed E-state index contributed by atoms with van der Waals surface area (Å²) in [7, 11) is 0. The SMILES string of the molecule is CCOCCNC(=O)N(Cc1ccc(C(=O)NO)cc1)c1cc(C)ccc1Cl. The first-order valence-corrected chi connectivity index (χ1v) is 9.26. The lowest BCUT2D eigenvalue weighted by Gasteiger charge is -2.25. The molecule has 0 radical (unpaired) electrons. The molecule has 0 fully saturated rings. The highest BCUT2D eigenvalue weighted by molar-refractivity contribution is 6.33. The van der Waals surface area contributed by atoms with Crippen LogP contribution in [-0.2, 0) is 11.3 Å². The molecule has 0 saturated carbocycles. The van der Waals surface area contributed by atoms with Gasteiger partial charge >= 0.3 is 6.03 Å². The highest BCUT2D eigenvalue weighted by Crippen LogP contribution is 2.28.